The van der Waals surface area contributed by atoms with E-state index >= 15 is 0 Å². The third-order valence-corrected chi connectivity index (χ3v) is 3.88. The molecule has 28 heavy (non-hydrogen) atoms. The van der Waals surface area contributed by atoms with Crippen LogP contribution >= 0.6 is 0 Å². The summed E-state index contributed by atoms with van der Waals surface area (Å²) in [6, 6.07) is -3.61. The van der Waals surface area contributed by atoms with Crippen LogP contribution in [0.5, 0.6) is 0 Å². The Balaban J connectivity index is 5.01. The largest absolute Gasteiger partial charge is 0.481 e. The molecule has 0 aliphatic heterocycles. The molecule has 12 heteroatoms. The Labute approximate surface area is 162 Å². The molecule has 3 amide bonds. The van der Waals surface area contributed by atoms with Crippen molar-refractivity contribution in [3.8, 4) is 0 Å². The lowest BCUT2D eigenvalue weighted by Gasteiger charge is -2.22. The van der Waals surface area contributed by atoms with Gasteiger partial charge in [0.1, 0.15) is 12.1 Å². The molecule has 0 spiro atoms. The Morgan fingerprint density at radius 1 is 0.821 bits per heavy atom. The number of primary amides is 1. The quantitative estimate of drug-likeness (QED) is 0.145. The van der Waals surface area contributed by atoms with Gasteiger partial charge in [0.25, 0.3) is 0 Å². The van der Waals surface area contributed by atoms with E-state index in [9.17, 15) is 24.0 Å². The number of rotatable bonds is 15. The summed E-state index contributed by atoms with van der Waals surface area (Å²) in [5.41, 5.74) is 16.2. The van der Waals surface area contributed by atoms with E-state index in [1.54, 1.807) is 0 Å². The zero-order valence-electron chi connectivity index (χ0n) is 15.6. The summed E-state index contributed by atoms with van der Waals surface area (Å²) in [6.45, 7) is 0.449. The maximum absolute atomic E-state index is 12.4. The van der Waals surface area contributed by atoms with Crippen LogP contribution < -0.4 is 27.8 Å². The van der Waals surface area contributed by atoms with Gasteiger partial charge in [-0.05, 0) is 32.2 Å². The van der Waals surface area contributed by atoms with Crippen molar-refractivity contribution in [2.24, 2.45) is 17.2 Å². The molecule has 0 aliphatic rings. The molecule has 3 unspecified atom stereocenters. The van der Waals surface area contributed by atoms with Gasteiger partial charge in [-0.1, -0.05) is 6.42 Å². The fourth-order valence-electron chi connectivity index (χ4n) is 2.27. The standard InChI is InChI=1S/C16H29N5O7/c17-8-2-1-3-9(18)14(25)20-10(4-6-12(19)22)15(26)21-11(16(27)28)5-7-13(23)24/h9-11H,1-8,17-18H2,(H2,19,22)(H,20,25)(H,21,26)(H,23,24)(H,27,28). The number of carbonyl (C=O) groups excluding carboxylic acids is 3. The highest BCUT2D eigenvalue weighted by molar-refractivity contribution is 5.92. The molecule has 0 heterocycles. The minimum atomic E-state index is -1.46. The molecule has 0 rings (SSSR count). The molecule has 0 radical (unpaired) electrons. The van der Waals surface area contributed by atoms with Gasteiger partial charge in [0.05, 0.1) is 6.04 Å². The third-order valence-electron chi connectivity index (χ3n) is 3.88. The normalized spacial score (nSPS) is 13.8. The number of carbonyl (C=O) groups is 5. The highest BCUT2D eigenvalue weighted by atomic mass is 16.4. The molecule has 0 saturated carbocycles. The van der Waals surface area contributed by atoms with Crippen molar-refractivity contribution >= 4 is 29.7 Å². The van der Waals surface area contributed by atoms with E-state index in [0.717, 1.165) is 0 Å². The van der Waals surface area contributed by atoms with Crippen molar-refractivity contribution < 1.29 is 34.2 Å². The number of amides is 3. The van der Waals surface area contributed by atoms with E-state index in [1.165, 1.54) is 0 Å². The molecule has 0 bridgehead atoms. The summed E-state index contributed by atoms with van der Waals surface area (Å²) < 4.78 is 0. The number of unbranched alkanes of at least 4 members (excludes halogenated alkanes) is 1. The first-order valence-corrected chi connectivity index (χ1v) is 8.87. The van der Waals surface area contributed by atoms with Crippen LogP contribution in [-0.2, 0) is 24.0 Å². The molecule has 3 atom stereocenters. The minimum Gasteiger partial charge on any atom is -0.481 e. The van der Waals surface area contributed by atoms with Crippen LogP contribution in [0.25, 0.3) is 0 Å². The average molecular weight is 403 g/mol. The van der Waals surface area contributed by atoms with Crippen LogP contribution in [0.15, 0.2) is 0 Å². The molecule has 160 valence electrons. The maximum Gasteiger partial charge on any atom is 0.326 e. The predicted octanol–water partition coefficient (Wildman–Crippen LogP) is -2.37. The summed E-state index contributed by atoms with van der Waals surface area (Å²) in [6.07, 6.45) is 0.425. The van der Waals surface area contributed by atoms with Gasteiger partial charge in [0, 0.05) is 12.8 Å². The van der Waals surface area contributed by atoms with E-state index < -0.39 is 54.2 Å². The molecule has 0 aromatic rings. The Morgan fingerprint density at radius 3 is 1.89 bits per heavy atom. The first-order chi connectivity index (χ1) is 13.1. The monoisotopic (exact) mass is 403 g/mol. The lowest BCUT2D eigenvalue weighted by Crippen LogP contribution is -2.54. The topological polar surface area (TPSA) is 228 Å². The number of carboxylic acid groups (broad SMARTS) is 2. The molecular weight excluding hydrogens is 374 g/mol. The van der Waals surface area contributed by atoms with Crippen molar-refractivity contribution in [1.82, 2.24) is 10.6 Å². The Hall–Kier alpha value is -2.73. The molecule has 0 saturated heterocycles. The number of hydrogen-bond acceptors (Lipinski definition) is 7. The second-order valence-corrected chi connectivity index (χ2v) is 6.29. The van der Waals surface area contributed by atoms with Gasteiger partial charge in [-0.2, -0.15) is 0 Å². The maximum atomic E-state index is 12.4. The van der Waals surface area contributed by atoms with Gasteiger partial charge in [0.2, 0.25) is 17.7 Å². The summed E-state index contributed by atoms with van der Waals surface area (Å²) in [4.78, 5) is 57.4. The number of carboxylic acids is 2. The van der Waals surface area contributed by atoms with Crippen LogP contribution in [0, 0.1) is 0 Å². The Kier molecular flexibility index (Phi) is 12.1. The van der Waals surface area contributed by atoms with Crippen LogP contribution in [0.2, 0.25) is 0 Å². The summed E-state index contributed by atoms with van der Waals surface area (Å²) in [5.74, 6) is -4.86. The fourth-order valence-corrected chi connectivity index (χ4v) is 2.27. The van der Waals surface area contributed by atoms with Crippen molar-refractivity contribution in [1.29, 1.82) is 0 Å². The lowest BCUT2D eigenvalue weighted by molar-refractivity contribution is -0.143. The van der Waals surface area contributed by atoms with Crippen LogP contribution in [-0.4, -0.2) is 64.5 Å². The van der Waals surface area contributed by atoms with Gasteiger partial charge < -0.3 is 38.0 Å². The van der Waals surface area contributed by atoms with Crippen LogP contribution in [0.3, 0.4) is 0 Å². The van der Waals surface area contributed by atoms with E-state index in [-0.39, 0.29) is 19.3 Å². The summed E-state index contributed by atoms with van der Waals surface area (Å²) >= 11 is 0. The van der Waals surface area contributed by atoms with Crippen LogP contribution in [0.4, 0.5) is 0 Å². The lowest BCUT2D eigenvalue weighted by atomic mass is 10.1. The zero-order chi connectivity index (χ0) is 21.7. The van der Waals surface area contributed by atoms with Gasteiger partial charge >= 0.3 is 11.9 Å². The smallest absolute Gasteiger partial charge is 0.326 e. The molecule has 0 aromatic heterocycles. The van der Waals surface area contributed by atoms with E-state index in [1.807, 2.05) is 0 Å². The molecule has 12 nitrogen and oxygen atoms in total. The van der Waals surface area contributed by atoms with E-state index in [2.05, 4.69) is 10.6 Å². The highest BCUT2D eigenvalue weighted by Crippen LogP contribution is 2.04. The third kappa shape index (κ3) is 11.1. The van der Waals surface area contributed by atoms with E-state index in [0.29, 0.717) is 25.8 Å². The van der Waals surface area contributed by atoms with Gasteiger partial charge in [0.15, 0.2) is 0 Å². The fraction of sp³-hybridized carbons (Fsp3) is 0.688. The second-order valence-electron chi connectivity index (χ2n) is 6.29. The molecule has 10 N–H and O–H groups in total. The second kappa shape index (κ2) is 13.4. The van der Waals surface area contributed by atoms with Crippen LogP contribution in [0.1, 0.15) is 44.9 Å². The first-order valence-electron chi connectivity index (χ1n) is 8.87. The minimum absolute atomic E-state index is 0.159. The predicted molar refractivity (Wildman–Crippen MR) is 97.7 cm³/mol. The zero-order valence-corrected chi connectivity index (χ0v) is 15.6. The summed E-state index contributed by atoms with van der Waals surface area (Å²) in [5, 5.41) is 22.3. The summed E-state index contributed by atoms with van der Waals surface area (Å²) in [7, 11) is 0. The van der Waals surface area contributed by atoms with Crippen molar-refractivity contribution in [2.45, 2.75) is 63.1 Å². The number of nitrogens with one attached hydrogen (secondary N) is 2. The first kappa shape index (κ1) is 25.3. The molecule has 0 aliphatic carbocycles. The van der Waals surface area contributed by atoms with Crippen molar-refractivity contribution in [2.75, 3.05) is 6.54 Å². The average Bonchev–Trinajstić information content (AvgIpc) is 2.61. The van der Waals surface area contributed by atoms with Gasteiger partial charge in [-0.25, -0.2) is 4.79 Å². The number of aliphatic carboxylic acids is 2. The Bertz CT molecular complexity index is 570. The van der Waals surface area contributed by atoms with Crippen molar-refractivity contribution in [3.63, 3.8) is 0 Å². The Morgan fingerprint density at radius 2 is 1.39 bits per heavy atom. The SMILES string of the molecule is NCCCCC(N)C(=O)NC(CCC(N)=O)C(=O)NC(CCC(=O)O)C(=O)O. The highest BCUT2D eigenvalue weighted by Gasteiger charge is 2.28. The number of hydrogen-bond donors (Lipinski definition) is 7. The number of nitrogens with two attached hydrogens (primary N) is 3. The van der Waals surface area contributed by atoms with Crippen molar-refractivity contribution in [3.05, 3.63) is 0 Å². The molecular formula is C16H29N5O7. The molecule has 0 fully saturated rings. The molecule has 0 aromatic carbocycles. The van der Waals surface area contributed by atoms with Gasteiger partial charge in [-0.15, -0.1) is 0 Å². The van der Waals surface area contributed by atoms with E-state index in [4.69, 9.17) is 27.4 Å². The van der Waals surface area contributed by atoms with Gasteiger partial charge in [-0.3, -0.25) is 19.2 Å².